The van der Waals surface area contributed by atoms with Gasteiger partial charge in [0.15, 0.2) is 0 Å². The molecule has 0 aliphatic heterocycles. The second-order valence-electron chi connectivity index (χ2n) is 2.84. The molecule has 1 atom stereocenters. The van der Waals surface area contributed by atoms with E-state index in [1.54, 1.807) is 12.1 Å². The lowest BCUT2D eigenvalue weighted by molar-refractivity contribution is 0.471. The Balaban J connectivity index is 2.68. The lowest BCUT2D eigenvalue weighted by Crippen LogP contribution is -2.10. The monoisotopic (exact) mass is 166 g/mol. The number of pyridine rings is 1. The standard InChI is InChI=1S/C9H14N2O/c1-2-3-8(10)9-5-4-7(12)6-11-9/h4-6,8,12H,2-3,10H2,1H3/t8-/m0/s1. The van der Waals surface area contributed by atoms with Gasteiger partial charge in [0.2, 0.25) is 0 Å². The summed E-state index contributed by atoms with van der Waals surface area (Å²) in [5.74, 6) is 0.183. The van der Waals surface area contributed by atoms with Gasteiger partial charge >= 0.3 is 0 Å². The first-order chi connectivity index (χ1) is 5.74. The molecule has 0 amide bonds. The Morgan fingerprint density at radius 2 is 2.33 bits per heavy atom. The number of aromatic hydroxyl groups is 1. The molecule has 1 heterocycles. The van der Waals surface area contributed by atoms with Gasteiger partial charge in [-0.2, -0.15) is 0 Å². The fourth-order valence-electron chi connectivity index (χ4n) is 1.08. The third kappa shape index (κ3) is 2.20. The minimum absolute atomic E-state index is 0.00407. The Bertz CT molecular complexity index is 233. The van der Waals surface area contributed by atoms with Gasteiger partial charge in [-0.15, -0.1) is 0 Å². The highest BCUT2D eigenvalue weighted by atomic mass is 16.3. The van der Waals surface area contributed by atoms with Crippen molar-refractivity contribution in [1.29, 1.82) is 0 Å². The van der Waals surface area contributed by atoms with Crippen molar-refractivity contribution in [2.75, 3.05) is 0 Å². The van der Waals surface area contributed by atoms with E-state index in [9.17, 15) is 0 Å². The third-order valence-electron chi connectivity index (χ3n) is 1.75. The van der Waals surface area contributed by atoms with Gasteiger partial charge in [0.05, 0.1) is 11.9 Å². The molecule has 0 fully saturated rings. The van der Waals surface area contributed by atoms with Crippen LogP contribution in [0.1, 0.15) is 31.5 Å². The van der Waals surface area contributed by atoms with Crippen molar-refractivity contribution >= 4 is 0 Å². The van der Waals surface area contributed by atoms with Crippen molar-refractivity contribution in [2.24, 2.45) is 5.73 Å². The van der Waals surface area contributed by atoms with Crippen molar-refractivity contribution in [1.82, 2.24) is 4.98 Å². The van der Waals surface area contributed by atoms with Crippen molar-refractivity contribution in [3.05, 3.63) is 24.0 Å². The minimum atomic E-state index is -0.00407. The SMILES string of the molecule is CCC[C@H](N)c1ccc(O)cn1. The lowest BCUT2D eigenvalue weighted by Gasteiger charge is -2.08. The average Bonchev–Trinajstić information content (AvgIpc) is 2.06. The number of hydrogen-bond donors (Lipinski definition) is 2. The molecule has 0 aliphatic rings. The van der Waals surface area contributed by atoms with Crippen LogP contribution in [0.2, 0.25) is 0 Å². The van der Waals surface area contributed by atoms with Crippen molar-refractivity contribution in [3.63, 3.8) is 0 Å². The van der Waals surface area contributed by atoms with E-state index in [1.165, 1.54) is 6.20 Å². The molecule has 0 saturated carbocycles. The molecule has 3 nitrogen and oxygen atoms in total. The average molecular weight is 166 g/mol. The first-order valence-electron chi connectivity index (χ1n) is 4.14. The van der Waals surface area contributed by atoms with Crippen molar-refractivity contribution in [2.45, 2.75) is 25.8 Å². The summed E-state index contributed by atoms with van der Waals surface area (Å²) in [7, 11) is 0. The van der Waals surface area contributed by atoms with Gasteiger partial charge < -0.3 is 10.8 Å². The fraction of sp³-hybridized carbons (Fsp3) is 0.444. The van der Waals surface area contributed by atoms with Gasteiger partial charge in [-0.3, -0.25) is 4.98 Å². The lowest BCUT2D eigenvalue weighted by atomic mass is 10.1. The largest absolute Gasteiger partial charge is 0.506 e. The third-order valence-corrected chi connectivity index (χ3v) is 1.75. The van der Waals surface area contributed by atoms with Crippen LogP contribution in [0.3, 0.4) is 0 Å². The molecule has 0 radical (unpaired) electrons. The maximum Gasteiger partial charge on any atom is 0.133 e. The molecule has 1 aromatic rings. The Morgan fingerprint density at radius 1 is 1.58 bits per heavy atom. The summed E-state index contributed by atoms with van der Waals surface area (Å²) in [6.45, 7) is 2.08. The molecule has 66 valence electrons. The summed E-state index contributed by atoms with van der Waals surface area (Å²) in [5.41, 5.74) is 6.65. The van der Waals surface area contributed by atoms with Gasteiger partial charge in [0.25, 0.3) is 0 Å². The predicted molar refractivity (Wildman–Crippen MR) is 47.7 cm³/mol. The van der Waals surface area contributed by atoms with E-state index in [0.717, 1.165) is 18.5 Å². The summed E-state index contributed by atoms with van der Waals surface area (Å²) >= 11 is 0. The summed E-state index contributed by atoms with van der Waals surface area (Å²) in [4.78, 5) is 4.02. The van der Waals surface area contributed by atoms with E-state index < -0.39 is 0 Å². The molecule has 0 aromatic carbocycles. The zero-order valence-corrected chi connectivity index (χ0v) is 7.20. The Hall–Kier alpha value is -1.09. The zero-order valence-electron chi connectivity index (χ0n) is 7.20. The highest BCUT2D eigenvalue weighted by Crippen LogP contribution is 2.15. The first-order valence-corrected chi connectivity index (χ1v) is 4.14. The summed E-state index contributed by atoms with van der Waals surface area (Å²) in [6, 6.07) is 3.36. The molecule has 3 heteroatoms. The normalized spacial score (nSPS) is 12.8. The van der Waals surface area contributed by atoms with E-state index in [2.05, 4.69) is 11.9 Å². The van der Waals surface area contributed by atoms with Gasteiger partial charge in [-0.1, -0.05) is 13.3 Å². The van der Waals surface area contributed by atoms with Crippen LogP contribution in [0.25, 0.3) is 0 Å². The molecular formula is C9H14N2O. The van der Waals surface area contributed by atoms with Crippen LogP contribution in [-0.4, -0.2) is 10.1 Å². The molecular weight excluding hydrogens is 152 g/mol. The molecule has 0 aliphatic carbocycles. The van der Waals surface area contributed by atoms with Crippen LogP contribution >= 0.6 is 0 Å². The van der Waals surface area contributed by atoms with Crippen LogP contribution in [-0.2, 0) is 0 Å². The number of rotatable bonds is 3. The van der Waals surface area contributed by atoms with Crippen molar-refractivity contribution in [3.8, 4) is 5.75 Å². The molecule has 0 bridgehead atoms. The molecule has 12 heavy (non-hydrogen) atoms. The molecule has 1 rings (SSSR count). The van der Waals surface area contributed by atoms with E-state index in [-0.39, 0.29) is 11.8 Å². The summed E-state index contributed by atoms with van der Waals surface area (Å²) in [5, 5.41) is 8.97. The van der Waals surface area contributed by atoms with Crippen LogP contribution < -0.4 is 5.73 Å². The minimum Gasteiger partial charge on any atom is -0.506 e. The van der Waals surface area contributed by atoms with Crippen molar-refractivity contribution < 1.29 is 5.11 Å². The summed E-state index contributed by atoms with van der Waals surface area (Å²) in [6.07, 6.45) is 3.40. The van der Waals surface area contributed by atoms with Crippen LogP contribution in [0.15, 0.2) is 18.3 Å². The smallest absolute Gasteiger partial charge is 0.133 e. The first kappa shape index (κ1) is 9.00. The number of nitrogens with two attached hydrogens (primary N) is 1. The van der Waals surface area contributed by atoms with E-state index >= 15 is 0 Å². The van der Waals surface area contributed by atoms with E-state index in [1.807, 2.05) is 0 Å². The molecule has 1 aromatic heterocycles. The van der Waals surface area contributed by atoms with Crippen LogP contribution in [0.5, 0.6) is 5.75 Å². The second kappa shape index (κ2) is 4.07. The number of aromatic nitrogens is 1. The predicted octanol–water partition coefficient (Wildman–Crippen LogP) is 1.59. The van der Waals surface area contributed by atoms with Gasteiger partial charge in [-0.25, -0.2) is 0 Å². The molecule has 3 N–H and O–H groups in total. The number of nitrogens with zero attached hydrogens (tertiary/aromatic N) is 1. The van der Waals surface area contributed by atoms with Crippen LogP contribution in [0, 0.1) is 0 Å². The highest BCUT2D eigenvalue weighted by Gasteiger charge is 2.04. The Morgan fingerprint density at radius 3 is 2.83 bits per heavy atom. The maximum absolute atomic E-state index is 8.97. The molecule has 0 spiro atoms. The maximum atomic E-state index is 8.97. The van der Waals surface area contributed by atoms with Crippen LogP contribution in [0.4, 0.5) is 0 Å². The van der Waals surface area contributed by atoms with E-state index in [0.29, 0.717) is 0 Å². The molecule has 0 unspecified atom stereocenters. The quantitative estimate of drug-likeness (QED) is 0.716. The Kier molecular flexibility index (Phi) is 3.05. The second-order valence-corrected chi connectivity index (χ2v) is 2.84. The number of hydrogen-bond acceptors (Lipinski definition) is 3. The highest BCUT2D eigenvalue weighted by molar-refractivity contribution is 5.19. The fourth-order valence-corrected chi connectivity index (χ4v) is 1.08. The zero-order chi connectivity index (χ0) is 8.97. The Labute approximate surface area is 72.2 Å². The van der Waals surface area contributed by atoms with Gasteiger partial charge in [0, 0.05) is 6.04 Å². The van der Waals surface area contributed by atoms with Gasteiger partial charge in [-0.05, 0) is 18.6 Å². The van der Waals surface area contributed by atoms with E-state index in [4.69, 9.17) is 10.8 Å². The topological polar surface area (TPSA) is 59.1 Å². The van der Waals surface area contributed by atoms with Gasteiger partial charge in [0.1, 0.15) is 5.75 Å². The molecule has 0 saturated heterocycles. The summed E-state index contributed by atoms with van der Waals surface area (Å²) < 4.78 is 0.